The van der Waals surface area contributed by atoms with E-state index in [0.717, 1.165) is 26.8 Å². The molecular formula is C19H19N3O3S. The first-order valence-corrected chi connectivity index (χ1v) is 8.97. The molecule has 0 aliphatic heterocycles. The molecule has 0 aliphatic rings. The van der Waals surface area contributed by atoms with E-state index >= 15 is 0 Å². The molecule has 0 atom stereocenters. The zero-order valence-corrected chi connectivity index (χ0v) is 15.6. The molecule has 0 saturated heterocycles. The van der Waals surface area contributed by atoms with Gasteiger partial charge in [-0.1, -0.05) is 24.2 Å². The van der Waals surface area contributed by atoms with Crippen LogP contribution < -0.4 is 10.1 Å². The molecule has 6 nitrogen and oxygen atoms in total. The zero-order chi connectivity index (χ0) is 18.5. The number of methoxy groups -OCH3 is 1. The highest BCUT2D eigenvalue weighted by molar-refractivity contribution is 7.16. The molecule has 3 rings (SSSR count). The monoisotopic (exact) mass is 369 g/mol. The molecule has 0 radical (unpaired) electrons. The number of amides is 1. The number of hydrogen-bond acceptors (Lipinski definition) is 6. The highest BCUT2D eigenvalue weighted by Crippen LogP contribution is 2.32. The fourth-order valence-electron chi connectivity index (χ4n) is 2.28. The van der Waals surface area contributed by atoms with Gasteiger partial charge >= 0.3 is 0 Å². The molecule has 1 aromatic carbocycles. The topological polar surface area (TPSA) is 77.2 Å². The van der Waals surface area contributed by atoms with Gasteiger partial charge in [-0.3, -0.25) is 4.79 Å². The van der Waals surface area contributed by atoms with Gasteiger partial charge < -0.3 is 14.6 Å². The minimum atomic E-state index is -0.198. The van der Waals surface area contributed by atoms with Crippen molar-refractivity contribution in [2.45, 2.75) is 20.3 Å². The van der Waals surface area contributed by atoms with E-state index in [0.29, 0.717) is 18.1 Å². The summed E-state index contributed by atoms with van der Waals surface area (Å²) in [6.07, 6.45) is 3.95. The first-order valence-electron chi connectivity index (χ1n) is 8.15. The van der Waals surface area contributed by atoms with Crippen molar-refractivity contribution in [3.63, 3.8) is 0 Å². The second-order valence-electron chi connectivity index (χ2n) is 5.54. The van der Waals surface area contributed by atoms with E-state index in [2.05, 4.69) is 15.5 Å². The normalized spacial score (nSPS) is 11.0. The number of nitrogens with zero attached hydrogens (tertiary/aromatic N) is 2. The molecule has 134 valence electrons. The second kappa shape index (κ2) is 7.97. The van der Waals surface area contributed by atoms with Crippen LogP contribution in [-0.2, 0) is 11.2 Å². The Hall–Kier alpha value is -2.93. The van der Waals surface area contributed by atoms with Crippen molar-refractivity contribution in [1.29, 1.82) is 0 Å². The predicted molar refractivity (Wildman–Crippen MR) is 102 cm³/mol. The number of thiophene rings is 1. The Morgan fingerprint density at radius 1 is 1.35 bits per heavy atom. The van der Waals surface area contributed by atoms with Gasteiger partial charge in [-0.15, -0.1) is 11.3 Å². The van der Waals surface area contributed by atoms with Crippen molar-refractivity contribution < 1.29 is 14.1 Å². The van der Waals surface area contributed by atoms with Crippen LogP contribution in [0.25, 0.3) is 16.8 Å². The average molecular weight is 369 g/mol. The lowest BCUT2D eigenvalue weighted by atomic mass is 10.2. The standard InChI is InChI=1S/C19H19N3O3S/c1-4-18-21-19(22-25-18)16-11-15(12(2)26-16)20-17(23)10-7-13-5-8-14(24-3)9-6-13/h5-11H,4H2,1-3H3,(H,20,23)/b10-7+. The van der Waals surface area contributed by atoms with Crippen LogP contribution in [0, 0.1) is 6.92 Å². The van der Waals surface area contributed by atoms with E-state index in [4.69, 9.17) is 9.26 Å². The van der Waals surface area contributed by atoms with Crippen LogP contribution in [0.15, 0.2) is 40.9 Å². The lowest BCUT2D eigenvalue weighted by molar-refractivity contribution is -0.111. The van der Waals surface area contributed by atoms with Crippen LogP contribution in [0.1, 0.15) is 23.3 Å². The van der Waals surface area contributed by atoms with Gasteiger partial charge in [0.2, 0.25) is 17.6 Å². The lowest BCUT2D eigenvalue weighted by Gasteiger charge is -2.01. The number of anilines is 1. The molecule has 3 aromatic rings. The predicted octanol–water partition coefficient (Wildman–Crippen LogP) is 4.33. The number of aromatic nitrogens is 2. The third-order valence-electron chi connectivity index (χ3n) is 3.71. The molecule has 2 aromatic heterocycles. The van der Waals surface area contributed by atoms with Gasteiger partial charge in [0, 0.05) is 17.4 Å². The summed E-state index contributed by atoms with van der Waals surface area (Å²) in [5, 5.41) is 6.86. The summed E-state index contributed by atoms with van der Waals surface area (Å²) in [6.45, 7) is 3.90. The van der Waals surface area contributed by atoms with Gasteiger partial charge in [0.05, 0.1) is 17.7 Å². The molecule has 0 bridgehead atoms. The maximum Gasteiger partial charge on any atom is 0.248 e. The number of carbonyl (C=O) groups excluding carboxylic acids is 1. The summed E-state index contributed by atoms with van der Waals surface area (Å²) in [5.41, 5.74) is 1.67. The molecule has 0 unspecified atom stereocenters. The Morgan fingerprint density at radius 3 is 2.77 bits per heavy atom. The summed E-state index contributed by atoms with van der Waals surface area (Å²) in [5.74, 6) is 1.72. The fourth-order valence-corrected chi connectivity index (χ4v) is 3.18. The summed E-state index contributed by atoms with van der Waals surface area (Å²) in [6, 6.07) is 9.34. The maximum absolute atomic E-state index is 12.2. The van der Waals surface area contributed by atoms with Crippen molar-refractivity contribution in [2.24, 2.45) is 0 Å². The van der Waals surface area contributed by atoms with Crippen LogP contribution in [-0.4, -0.2) is 23.2 Å². The summed E-state index contributed by atoms with van der Waals surface area (Å²) < 4.78 is 10.3. The Labute approximate surface area is 155 Å². The van der Waals surface area contributed by atoms with Crippen LogP contribution >= 0.6 is 11.3 Å². The van der Waals surface area contributed by atoms with Crippen LogP contribution in [0.4, 0.5) is 5.69 Å². The third kappa shape index (κ3) is 4.18. The molecule has 7 heteroatoms. The summed E-state index contributed by atoms with van der Waals surface area (Å²) in [4.78, 5) is 18.4. The molecule has 0 spiro atoms. The largest absolute Gasteiger partial charge is 0.497 e. The molecule has 1 N–H and O–H groups in total. The van der Waals surface area contributed by atoms with Crippen LogP contribution in [0.2, 0.25) is 0 Å². The molecule has 0 saturated carbocycles. The second-order valence-corrected chi connectivity index (χ2v) is 6.80. The SMILES string of the molecule is CCc1nc(-c2cc(NC(=O)/C=C/c3ccc(OC)cc3)c(C)s2)no1. The minimum absolute atomic E-state index is 0.198. The van der Waals surface area contributed by atoms with E-state index in [1.165, 1.54) is 17.4 Å². The fraction of sp³-hybridized carbons (Fsp3) is 0.211. The van der Waals surface area contributed by atoms with E-state index < -0.39 is 0 Å². The molecule has 0 aliphatic carbocycles. The average Bonchev–Trinajstić information content (AvgIpc) is 3.27. The van der Waals surface area contributed by atoms with Crippen molar-refractivity contribution in [2.75, 3.05) is 12.4 Å². The van der Waals surface area contributed by atoms with Gasteiger partial charge in [-0.2, -0.15) is 4.98 Å². The summed E-state index contributed by atoms with van der Waals surface area (Å²) in [7, 11) is 1.62. The number of benzene rings is 1. The Bertz CT molecular complexity index is 926. The number of carbonyl (C=O) groups is 1. The van der Waals surface area contributed by atoms with Crippen LogP contribution in [0.5, 0.6) is 5.75 Å². The third-order valence-corrected chi connectivity index (χ3v) is 4.76. The van der Waals surface area contributed by atoms with Gasteiger partial charge in [0.25, 0.3) is 0 Å². The Balaban J connectivity index is 1.68. The zero-order valence-electron chi connectivity index (χ0n) is 14.8. The number of aryl methyl sites for hydroxylation is 2. The van der Waals surface area contributed by atoms with Gasteiger partial charge in [0.15, 0.2) is 0 Å². The Morgan fingerprint density at radius 2 is 2.12 bits per heavy atom. The highest BCUT2D eigenvalue weighted by Gasteiger charge is 2.13. The van der Waals surface area contributed by atoms with Crippen molar-refractivity contribution in [3.05, 3.63) is 52.7 Å². The van der Waals surface area contributed by atoms with Gasteiger partial charge in [-0.05, 0) is 36.8 Å². The number of ether oxygens (including phenoxy) is 1. The van der Waals surface area contributed by atoms with Crippen molar-refractivity contribution in [3.8, 4) is 16.5 Å². The molecule has 2 heterocycles. The van der Waals surface area contributed by atoms with E-state index in [-0.39, 0.29) is 5.91 Å². The highest BCUT2D eigenvalue weighted by atomic mass is 32.1. The van der Waals surface area contributed by atoms with Crippen molar-refractivity contribution >= 4 is 29.0 Å². The first-order chi connectivity index (χ1) is 12.6. The van der Waals surface area contributed by atoms with E-state index in [1.807, 2.05) is 44.2 Å². The molecular weight excluding hydrogens is 350 g/mol. The van der Waals surface area contributed by atoms with E-state index in [1.54, 1.807) is 13.2 Å². The Kier molecular flexibility index (Phi) is 5.48. The minimum Gasteiger partial charge on any atom is -0.497 e. The summed E-state index contributed by atoms with van der Waals surface area (Å²) >= 11 is 1.51. The first kappa shape index (κ1) is 17.9. The molecule has 1 amide bonds. The smallest absolute Gasteiger partial charge is 0.248 e. The molecule has 26 heavy (non-hydrogen) atoms. The number of rotatable bonds is 6. The van der Waals surface area contributed by atoms with Crippen LogP contribution in [0.3, 0.4) is 0 Å². The number of nitrogens with one attached hydrogen (secondary N) is 1. The lowest BCUT2D eigenvalue weighted by Crippen LogP contribution is -2.07. The maximum atomic E-state index is 12.2. The quantitative estimate of drug-likeness (QED) is 0.655. The number of hydrogen-bond donors (Lipinski definition) is 1. The van der Waals surface area contributed by atoms with Gasteiger partial charge in [-0.25, -0.2) is 0 Å². The van der Waals surface area contributed by atoms with Gasteiger partial charge in [0.1, 0.15) is 5.75 Å². The van der Waals surface area contributed by atoms with Crippen molar-refractivity contribution in [1.82, 2.24) is 10.1 Å². The molecule has 0 fully saturated rings. The van der Waals surface area contributed by atoms with E-state index in [9.17, 15) is 4.79 Å².